The van der Waals surface area contributed by atoms with E-state index < -0.39 is 0 Å². The molecule has 4 heteroatoms. The maximum Gasteiger partial charge on any atom is 0.0633 e. The molecule has 1 unspecified atom stereocenters. The highest BCUT2D eigenvalue weighted by Gasteiger charge is 2.11. The van der Waals surface area contributed by atoms with Crippen LogP contribution in [0.1, 0.15) is 15.8 Å². The molecule has 0 radical (unpaired) electrons. The highest BCUT2D eigenvalue weighted by molar-refractivity contribution is 7.09. The monoisotopic (exact) mass is 290 g/mol. The predicted molar refractivity (Wildman–Crippen MR) is 73.1 cm³/mol. The van der Waals surface area contributed by atoms with Gasteiger partial charge in [0.15, 0.2) is 0 Å². The standard InChI is InChI=1S/C12H9Cl3S/c13-10-4-3-8(6-12(10)15)11(14)7-9-2-1-5-16-9/h1-6,11H,7H2. The molecule has 0 aliphatic carbocycles. The summed E-state index contributed by atoms with van der Waals surface area (Å²) in [4.78, 5) is 1.27. The summed E-state index contributed by atoms with van der Waals surface area (Å²) in [5, 5.41) is 3.10. The molecule has 0 bridgehead atoms. The Balaban J connectivity index is 2.14. The zero-order chi connectivity index (χ0) is 11.5. The Hall–Kier alpha value is -0.210. The largest absolute Gasteiger partial charge is 0.149 e. The van der Waals surface area contributed by atoms with Crippen LogP contribution < -0.4 is 0 Å². The SMILES string of the molecule is Clc1ccc(C(Cl)Cc2cccs2)cc1Cl. The minimum absolute atomic E-state index is 0.0617. The third kappa shape index (κ3) is 2.92. The van der Waals surface area contributed by atoms with E-state index in [1.807, 2.05) is 23.6 Å². The van der Waals surface area contributed by atoms with Crippen molar-refractivity contribution in [2.75, 3.05) is 0 Å². The van der Waals surface area contributed by atoms with E-state index in [0.717, 1.165) is 12.0 Å². The van der Waals surface area contributed by atoms with Crippen LogP contribution in [-0.4, -0.2) is 0 Å². The van der Waals surface area contributed by atoms with E-state index in [0.29, 0.717) is 10.0 Å². The topological polar surface area (TPSA) is 0 Å². The van der Waals surface area contributed by atoms with Crippen molar-refractivity contribution in [2.45, 2.75) is 11.8 Å². The molecular weight excluding hydrogens is 283 g/mol. The second-order valence-electron chi connectivity index (χ2n) is 3.42. The summed E-state index contributed by atoms with van der Waals surface area (Å²) in [6, 6.07) is 9.63. The first kappa shape index (κ1) is 12.3. The molecule has 0 saturated carbocycles. The number of hydrogen-bond donors (Lipinski definition) is 0. The summed E-state index contributed by atoms with van der Waals surface area (Å²) >= 11 is 19.8. The first-order chi connectivity index (χ1) is 7.66. The lowest BCUT2D eigenvalue weighted by Gasteiger charge is -2.09. The molecule has 2 aromatic rings. The Labute approximate surface area is 114 Å². The summed E-state index contributed by atoms with van der Waals surface area (Å²) in [5.74, 6) is 0. The van der Waals surface area contributed by atoms with E-state index >= 15 is 0 Å². The fraction of sp³-hybridized carbons (Fsp3) is 0.167. The van der Waals surface area contributed by atoms with Crippen LogP contribution in [0.5, 0.6) is 0 Å². The summed E-state index contributed by atoms with van der Waals surface area (Å²) < 4.78 is 0. The van der Waals surface area contributed by atoms with Gasteiger partial charge < -0.3 is 0 Å². The van der Waals surface area contributed by atoms with E-state index in [9.17, 15) is 0 Å². The van der Waals surface area contributed by atoms with Crippen LogP contribution in [0, 0.1) is 0 Å². The van der Waals surface area contributed by atoms with Gasteiger partial charge in [0, 0.05) is 11.3 Å². The van der Waals surface area contributed by atoms with Gasteiger partial charge in [-0.25, -0.2) is 0 Å². The average molecular weight is 292 g/mol. The number of benzene rings is 1. The Morgan fingerprint density at radius 3 is 2.56 bits per heavy atom. The molecule has 84 valence electrons. The maximum absolute atomic E-state index is 6.33. The molecule has 0 N–H and O–H groups in total. The van der Waals surface area contributed by atoms with Gasteiger partial charge in [-0.05, 0) is 29.1 Å². The maximum atomic E-state index is 6.33. The summed E-state index contributed by atoms with van der Waals surface area (Å²) in [7, 11) is 0. The Morgan fingerprint density at radius 1 is 1.12 bits per heavy atom. The predicted octanol–water partition coefficient (Wildman–Crippen LogP) is 5.58. The van der Waals surface area contributed by atoms with Crippen molar-refractivity contribution in [1.29, 1.82) is 0 Å². The summed E-state index contributed by atoms with van der Waals surface area (Å²) in [6.07, 6.45) is 0.817. The zero-order valence-corrected chi connectivity index (χ0v) is 11.4. The van der Waals surface area contributed by atoms with Gasteiger partial charge in [-0.1, -0.05) is 35.3 Å². The number of hydrogen-bond acceptors (Lipinski definition) is 1. The van der Waals surface area contributed by atoms with E-state index in [2.05, 4.69) is 6.07 Å². The van der Waals surface area contributed by atoms with Crippen LogP contribution in [0.3, 0.4) is 0 Å². The van der Waals surface area contributed by atoms with Crippen LogP contribution in [0.2, 0.25) is 10.0 Å². The normalized spacial score (nSPS) is 12.7. The molecule has 0 saturated heterocycles. The van der Waals surface area contributed by atoms with E-state index in [4.69, 9.17) is 34.8 Å². The van der Waals surface area contributed by atoms with Gasteiger partial charge in [0.05, 0.1) is 15.4 Å². The highest BCUT2D eigenvalue weighted by atomic mass is 35.5. The minimum atomic E-state index is -0.0617. The van der Waals surface area contributed by atoms with Crippen molar-refractivity contribution in [3.63, 3.8) is 0 Å². The van der Waals surface area contributed by atoms with Crippen molar-refractivity contribution in [3.8, 4) is 0 Å². The molecular formula is C12H9Cl3S. The van der Waals surface area contributed by atoms with E-state index in [1.165, 1.54) is 4.88 Å². The van der Waals surface area contributed by atoms with Gasteiger partial charge >= 0.3 is 0 Å². The smallest absolute Gasteiger partial charge is 0.0633 e. The molecule has 0 aliphatic heterocycles. The molecule has 0 nitrogen and oxygen atoms in total. The van der Waals surface area contributed by atoms with Gasteiger partial charge in [0.1, 0.15) is 0 Å². The molecule has 0 aliphatic rings. The van der Waals surface area contributed by atoms with Crippen LogP contribution in [0.25, 0.3) is 0 Å². The number of alkyl halides is 1. The molecule has 2 rings (SSSR count). The third-order valence-corrected chi connectivity index (χ3v) is 4.31. The molecule has 16 heavy (non-hydrogen) atoms. The lowest BCUT2D eigenvalue weighted by Crippen LogP contribution is -1.94. The molecule has 0 amide bonds. The number of thiophene rings is 1. The van der Waals surface area contributed by atoms with Crippen LogP contribution in [-0.2, 0) is 6.42 Å². The fourth-order valence-corrected chi connectivity index (χ4v) is 2.88. The number of rotatable bonds is 3. The zero-order valence-electron chi connectivity index (χ0n) is 8.29. The van der Waals surface area contributed by atoms with Crippen molar-refractivity contribution in [1.82, 2.24) is 0 Å². The number of halogens is 3. The Kier molecular flexibility index (Phi) is 4.15. The molecule has 0 spiro atoms. The third-order valence-electron chi connectivity index (χ3n) is 2.27. The second kappa shape index (κ2) is 5.42. The lowest BCUT2D eigenvalue weighted by molar-refractivity contribution is 0.938. The van der Waals surface area contributed by atoms with Crippen LogP contribution >= 0.6 is 46.1 Å². The van der Waals surface area contributed by atoms with Gasteiger partial charge in [-0.2, -0.15) is 0 Å². The first-order valence-corrected chi connectivity index (χ1v) is 6.85. The second-order valence-corrected chi connectivity index (χ2v) is 5.80. The van der Waals surface area contributed by atoms with E-state index in [-0.39, 0.29) is 5.38 Å². The fourth-order valence-electron chi connectivity index (χ4n) is 1.43. The van der Waals surface area contributed by atoms with Crippen LogP contribution in [0.15, 0.2) is 35.7 Å². The van der Waals surface area contributed by atoms with Crippen molar-refractivity contribution >= 4 is 46.1 Å². The summed E-state index contributed by atoms with van der Waals surface area (Å²) in [5.41, 5.74) is 1.00. The van der Waals surface area contributed by atoms with Crippen molar-refractivity contribution in [2.24, 2.45) is 0 Å². The van der Waals surface area contributed by atoms with Gasteiger partial charge in [-0.15, -0.1) is 22.9 Å². The highest BCUT2D eigenvalue weighted by Crippen LogP contribution is 2.31. The molecule has 1 aromatic carbocycles. The van der Waals surface area contributed by atoms with Gasteiger partial charge in [-0.3, -0.25) is 0 Å². The molecule has 1 heterocycles. The molecule has 0 fully saturated rings. The van der Waals surface area contributed by atoms with Crippen molar-refractivity contribution in [3.05, 3.63) is 56.2 Å². The van der Waals surface area contributed by atoms with Crippen molar-refractivity contribution < 1.29 is 0 Å². The first-order valence-electron chi connectivity index (χ1n) is 4.78. The summed E-state index contributed by atoms with van der Waals surface area (Å²) in [6.45, 7) is 0. The lowest BCUT2D eigenvalue weighted by atomic mass is 10.1. The molecule has 1 aromatic heterocycles. The Morgan fingerprint density at radius 2 is 1.94 bits per heavy atom. The minimum Gasteiger partial charge on any atom is -0.149 e. The Bertz CT molecular complexity index is 465. The average Bonchev–Trinajstić information content (AvgIpc) is 2.74. The quantitative estimate of drug-likeness (QED) is 0.648. The van der Waals surface area contributed by atoms with E-state index in [1.54, 1.807) is 17.4 Å². The van der Waals surface area contributed by atoms with Gasteiger partial charge in [0.2, 0.25) is 0 Å². The molecule has 1 atom stereocenters. The van der Waals surface area contributed by atoms with Gasteiger partial charge in [0.25, 0.3) is 0 Å². The van der Waals surface area contributed by atoms with Crippen LogP contribution in [0.4, 0.5) is 0 Å².